The lowest BCUT2D eigenvalue weighted by Crippen LogP contribution is -2.23. The van der Waals surface area contributed by atoms with Crippen LogP contribution in [0, 0.1) is 27.7 Å². The second kappa shape index (κ2) is 7.05. The third kappa shape index (κ3) is 3.30. The van der Waals surface area contributed by atoms with Gasteiger partial charge in [0.05, 0.1) is 16.2 Å². The van der Waals surface area contributed by atoms with Crippen molar-refractivity contribution in [3.63, 3.8) is 0 Å². The van der Waals surface area contributed by atoms with E-state index >= 15 is 0 Å². The fourth-order valence-corrected chi connectivity index (χ4v) is 4.78. The Labute approximate surface area is 168 Å². The third-order valence-electron chi connectivity index (χ3n) is 4.86. The number of fused-ring (bicyclic) bond motifs is 1. The first-order chi connectivity index (χ1) is 13.3. The van der Waals surface area contributed by atoms with Crippen molar-refractivity contribution in [2.45, 2.75) is 45.1 Å². The smallest absolute Gasteiger partial charge is 0.252 e. The van der Waals surface area contributed by atoms with Crippen molar-refractivity contribution in [1.82, 2.24) is 19.7 Å². The van der Waals surface area contributed by atoms with Gasteiger partial charge in [0.25, 0.3) is 5.95 Å². The van der Waals surface area contributed by atoms with E-state index in [4.69, 9.17) is 5.10 Å². The molecule has 0 bridgehead atoms. The van der Waals surface area contributed by atoms with Crippen LogP contribution < -0.4 is 5.32 Å². The summed E-state index contributed by atoms with van der Waals surface area (Å²) in [5.41, 5.74) is 5.97. The van der Waals surface area contributed by atoms with Gasteiger partial charge in [0.1, 0.15) is 5.82 Å². The lowest BCUT2D eigenvalue weighted by Gasteiger charge is -2.17. The van der Waals surface area contributed by atoms with Crippen molar-refractivity contribution >= 4 is 23.5 Å². The van der Waals surface area contributed by atoms with Crippen LogP contribution in [0.3, 0.4) is 0 Å². The monoisotopic (exact) mass is 393 g/mol. The second-order valence-corrected chi connectivity index (χ2v) is 8.72. The third-order valence-corrected chi connectivity index (χ3v) is 6.26. The largest absolute Gasteiger partial charge is 0.309 e. The molecule has 1 aromatic carbocycles. The van der Waals surface area contributed by atoms with Crippen LogP contribution >= 0.6 is 11.8 Å². The number of carbonyl (C=O) groups is 1. The lowest BCUT2D eigenvalue weighted by molar-refractivity contribution is -0.115. The molecule has 0 radical (unpaired) electrons. The maximum absolute atomic E-state index is 12.7. The van der Waals surface area contributed by atoms with Crippen LogP contribution in [0.4, 0.5) is 5.82 Å². The van der Waals surface area contributed by atoms with Crippen LogP contribution in [-0.4, -0.2) is 30.9 Å². The van der Waals surface area contributed by atoms with Crippen LogP contribution in [0.5, 0.6) is 0 Å². The zero-order valence-electron chi connectivity index (χ0n) is 16.6. The topological polar surface area (TPSA) is 72.7 Å². The molecule has 1 N–H and O–H groups in total. The maximum atomic E-state index is 12.7. The number of carbonyl (C=O) groups excluding carboxylic acids is 1. The molecule has 144 valence electrons. The number of nitrogens with one attached hydrogen (secondary N) is 1. The fraction of sp³-hybridized carbons (Fsp3) is 0.333. The Hall–Kier alpha value is -2.67. The van der Waals surface area contributed by atoms with Gasteiger partial charge in [-0.05, 0) is 46.2 Å². The zero-order valence-corrected chi connectivity index (χ0v) is 17.5. The van der Waals surface area contributed by atoms with E-state index in [0.29, 0.717) is 11.8 Å². The molecule has 2 unspecified atom stereocenters. The summed E-state index contributed by atoms with van der Waals surface area (Å²) in [7, 11) is 0. The summed E-state index contributed by atoms with van der Waals surface area (Å²) in [6.07, 6.45) is 0. The fourth-order valence-electron chi connectivity index (χ4n) is 3.46. The van der Waals surface area contributed by atoms with Crippen molar-refractivity contribution < 1.29 is 4.79 Å². The summed E-state index contributed by atoms with van der Waals surface area (Å²) in [5.74, 6) is 1.10. The molecule has 3 aromatic rings. The number of benzene rings is 1. The molecular formula is C21H23N5OS. The van der Waals surface area contributed by atoms with Gasteiger partial charge >= 0.3 is 0 Å². The number of hydrogen-bond acceptors (Lipinski definition) is 5. The SMILES string of the molecule is Cc1ccc(C2SC(C)C(=O)Nc3c2c(C)nn3-c2nc(C)cc(C)n2)cc1. The number of amides is 1. The highest BCUT2D eigenvalue weighted by molar-refractivity contribution is 8.01. The number of aryl methyl sites for hydroxylation is 4. The van der Waals surface area contributed by atoms with E-state index in [1.165, 1.54) is 5.56 Å². The Balaban J connectivity index is 1.92. The molecule has 0 saturated heterocycles. The molecule has 6 nitrogen and oxygen atoms in total. The Morgan fingerprint density at radius 3 is 2.32 bits per heavy atom. The number of hydrogen-bond donors (Lipinski definition) is 1. The minimum Gasteiger partial charge on any atom is -0.309 e. The van der Waals surface area contributed by atoms with E-state index < -0.39 is 0 Å². The van der Waals surface area contributed by atoms with Crippen molar-refractivity contribution in [2.75, 3.05) is 5.32 Å². The first-order valence-electron chi connectivity index (χ1n) is 9.28. The zero-order chi connectivity index (χ0) is 20.0. The van der Waals surface area contributed by atoms with Gasteiger partial charge in [-0.2, -0.15) is 9.78 Å². The van der Waals surface area contributed by atoms with Crippen LogP contribution in [0.15, 0.2) is 30.3 Å². The van der Waals surface area contributed by atoms with Gasteiger partial charge in [-0.15, -0.1) is 11.8 Å². The first-order valence-corrected chi connectivity index (χ1v) is 10.2. The average molecular weight is 394 g/mol. The molecular weight excluding hydrogens is 370 g/mol. The summed E-state index contributed by atoms with van der Waals surface area (Å²) < 4.78 is 1.67. The summed E-state index contributed by atoms with van der Waals surface area (Å²) in [6, 6.07) is 10.4. The minimum absolute atomic E-state index is 0.00389. The van der Waals surface area contributed by atoms with Gasteiger partial charge in [0, 0.05) is 17.0 Å². The molecule has 1 aliphatic rings. The summed E-state index contributed by atoms with van der Waals surface area (Å²) >= 11 is 1.64. The van der Waals surface area contributed by atoms with Crippen LogP contribution in [0.25, 0.3) is 5.95 Å². The molecule has 4 rings (SSSR count). The van der Waals surface area contributed by atoms with Gasteiger partial charge < -0.3 is 5.32 Å². The molecule has 1 aliphatic heterocycles. The molecule has 0 aliphatic carbocycles. The van der Waals surface area contributed by atoms with Crippen LogP contribution in [-0.2, 0) is 4.79 Å². The lowest BCUT2D eigenvalue weighted by atomic mass is 10.0. The van der Waals surface area contributed by atoms with Gasteiger partial charge in [0.2, 0.25) is 5.91 Å². The molecule has 0 fully saturated rings. The van der Waals surface area contributed by atoms with E-state index in [-0.39, 0.29) is 16.4 Å². The predicted molar refractivity (Wildman–Crippen MR) is 112 cm³/mol. The van der Waals surface area contributed by atoms with Gasteiger partial charge in [0.15, 0.2) is 0 Å². The number of aromatic nitrogens is 4. The Morgan fingerprint density at radius 1 is 1.04 bits per heavy atom. The maximum Gasteiger partial charge on any atom is 0.252 e. The molecule has 2 atom stereocenters. The highest BCUT2D eigenvalue weighted by atomic mass is 32.2. The van der Waals surface area contributed by atoms with Crippen molar-refractivity contribution in [3.05, 3.63) is 64.1 Å². The van der Waals surface area contributed by atoms with Crippen molar-refractivity contribution in [2.24, 2.45) is 0 Å². The number of thioether (sulfide) groups is 1. The molecule has 7 heteroatoms. The second-order valence-electron chi connectivity index (χ2n) is 7.27. The summed E-state index contributed by atoms with van der Waals surface area (Å²) in [6.45, 7) is 9.84. The minimum atomic E-state index is -0.188. The molecule has 0 saturated carbocycles. The van der Waals surface area contributed by atoms with Crippen LogP contribution in [0.1, 0.15) is 45.9 Å². The Kier molecular flexibility index (Phi) is 4.71. The van der Waals surface area contributed by atoms with Crippen molar-refractivity contribution in [1.29, 1.82) is 0 Å². The van der Waals surface area contributed by atoms with E-state index in [9.17, 15) is 4.79 Å². The van der Waals surface area contributed by atoms with E-state index in [0.717, 1.165) is 28.2 Å². The molecule has 1 amide bonds. The summed E-state index contributed by atoms with van der Waals surface area (Å²) in [4.78, 5) is 21.8. The van der Waals surface area contributed by atoms with Gasteiger partial charge in [-0.1, -0.05) is 29.8 Å². The number of nitrogens with zero attached hydrogens (tertiary/aromatic N) is 4. The average Bonchev–Trinajstić information content (AvgIpc) is 2.88. The highest BCUT2D eigenvalue weighted by Gasteiger charge is 2.34. The molecule has 3 heterocycles. The predicted octanol–water partition coefficient (Wildman–Crippen LogP) is 4.06. The molecule has 0 spiro atoms. The Bertz CT molecular complexity index is 1040. The first kappa shape index (κ1) is 18.7. The van der Waals surface area contributed by atoms with E-state index in [1.807, 2.05) is 33.8 Å². The van der Waals surface area contributed by atoms with E-state index in [1.54, 1.807) is 16.4 Å². The quantitative estimate of drug-likeness (QED) is 0.711. The van der Waals surface area contributed by atoms with Gasteiger partial charge in [-0.25, -0.2) is 9.97 Å². The van der Waals surface area contributed by atoms with Crippen LogP contribution in [0.2, 0.25) is 0 Å². The molecule has 2 aromatic heterocycles. The highest BCUT2D eigenvalue weighted by Crippen LogP contribution is 2.45. The summed E-state index contributed by atoms with van der Waals surface area (Å²) in [5, 5.41) is 7.59. The molecule has 28 heavy (non-hydrogen) atoms. The number of rotatable bonds is 2. The van der Waals surface area contributed by atoms with E-state index in [2.05, 4.69) is 46.5 Å². The van der Waals surface area contributed by atoms with Crippen molar-refractivity contribution in [3.8, 4) is 5.95 Å². The normalized spacial score (nSPS) is 19.1. The number of anilines is 1. The van der Waals surface area contributed by atoms with Gasteiger partial charge in [-0.3, -0.25) is 4.79 Å². The standard InChI is InChI=1S/C21H23N5OS/c1-11-6-8-16(9-7-11)18-17-14(4)25-26(19(17)24-20(27)15(5)28-18)21-22-12(2)10-13(3)23-21/h6-10,15,18H,1-5H3,(H,24,27). The Morgan fingerprint density at radius 2 is 1.68 bits per heavy atom.